The molecule has 0 radical (unpaired) electrons. The Morgan fingerprint density at radius 3 is 2.61 bits per heavy atom. The topological polar surface area (TPSA) is 74.8 Å². The Hall–Kier alpha value is -3.37. The highest BCUT2D eigenvalue weighted by atomic mass is 32.2. The molecule has 6 nitrogen and oxygen atoms in total. The summed E-state index contributed by atoms with van der Waals surface area (Å²) in [6.07, 6.45) is 1.72. The Bertz CT molecular complexity index is 1100. The Balaban J connectivity index is 1.71. The van der Waals surface area contributed by atoms with Crippen LogP contribution in [0.4, 0.5) is 0 Å². The van der Waals surface area contributed by atoms with Crippen LogP contribution in [0.15, 0.2) is 66.3 Å². The summed E-state index contributed by atoms with van der Waals surface area (Å²) in [6.45, 7) is 9.51. The van der Waals surface area contributed by atoms with Crippen LogP contribution in [-0.2, 0) is 17.9 Å². The molecule has 0 spiro atoms. The van der Waals surface area contributed by atoms with Crippen LogP contribution in [0.2, 0.25) is 0 Å². The standard InChI is InChI=1S/C24H25N5OS/c1-4-14-28(16-20-12-10-19(15-25)11-13-20)22(30)17-31-24-27-26-23(29(24)5-2)21-9-7-6-8-18(21)3/h4,6-13H,1,5,14,16-17H2,2-3H3. The molecule has 1 heterocycles. The van der Waals surface area contributed by atoms with Gasteiger partial charge in [0.1, 0.15) is 0 Å². The molecule has 0 atom stereocenters. The first kappa shape index (κ1) is 22.3. The molecule has 0 bridgehead atoms. The summed E-state index contributed by atoms with van der Waals surface area (Å²) >= 11 is 1.39. The van der Waals surface area contributed by atoms with Crippen molar-refractivity contribution in [3.8, 4) is 17.5 Å². The highest BCUT2D eigenvalue weighted by Crippen LogP contribution is 2.26. The molecule has 2 aromatic carbocycles. The second-order valence-electron chi connectivity index (χ2n) is 7.03. The van der Waals surface area contributed by atoms with Gasteiger partial charge in [-0.15, -0.1) is 16.8 Å². The zero-order valence-corrected chi connectivity index (χ0v) is 18.6. The predicted molar refractivity (Wildman–Crippen MR) is 123 cm³/mol. The lowest BCUT2D eigenvalue weighted by molar-refractivity contribution is -0.128. The fraction of sp³-hybridized carbons (Fsp3) is 0.250. The summed E-state index contributed by atoms with van der Waals surface area (Å²) in [5.41, 5.74) is 3.75. The molecule has 0 saturated carbocycles. The minimum Gasteiger partial charge on any atom is -0.334 e. The highest BCUT2D eigenvalue weighted by molar-refractivity contribution is 7.99. The van der Waals surface area contributed by atoms with E-state index >= 15 is 0 Å². The van der Waals surface area contributed by atoms with Crippen molar-refractivity contribution >= 4 is 17.7 Å². The van der Waals surface area contributed by atoms with E-state index in [9.17, 15) is 4.79 Å². The first-order valence-corrected chi connectivity index (χ1v) is 11.1. The fourth-order valence-electron chi connectivity index (χ4n) is 3.24. The third kappa shape index (κ3) is 5.41. The van der Waals surface area contributed by atoms with E-state index in [-0.39, 0.29) is 11.7 Å². The third-order valence-corrected chi connectivity index (χ3v) is 5.85. The van der Waals surface area contributed by atoms with Gasteiger partial charge in [-0.05, 0) is 37.1 Å². The third-order valence-electron chi connectivity index (χ3n) is 4.90. The van der Waals surface area contributed by atoms with Gasteiger partial charge in [0, 0.05) is 25.2 Å². The summed E-state index contributed by atoms with van der Waals surface area (Å²) in [4.78, 5) is 14.7. The molecule has 0 N–H and O–H groups in total. The van der Waals surface area contributed by atoms with Gasteiger partial charge in [-0.2, -0.15) is 5.26 Å². The van der Waals surface area contributed by atoms with Crippen molar-refractivity contribution < 1.29 is 4.79 Å². The number of amides is 1. The summed E-state index contributed by atoms with van der Waals surface area (Å²) in [5, 5.41) is 18.4. The lowest BCUT2D eigenvalue weighted by Gasteiger charge is -2.21. The van der Waals surface area contributed by atoms with Gasteiger partial charge in [0.2, 0.25) is 5.91 Å². The molecule has 0 saturated heterocycles. The van der Waals surface area contributed by atoms with Gasteiger partial charge >= 0.3 is 0 Å². The van der Waals surface area contributed by atoms with E-state index in [0.717, 1.165) is 34.2 Å². The van der Waals surface area contributed by atoms with Crippen LogP contribution >= 0.6 is 11.8 Å². The summed E-state index contributed by atoms with van der Waals surface area (Å²) < 4.78 is 2.04. The number of carbonyl (C=O) groups excluding carboxylic acids is 1. The molecular weight excluding hydrogens is 406 g/mol. The van der Waals surface area contributed by atoms with Crippen LogP contribution in [0.1, 0.15) is 23.6 Å². The highest BCUT2D eigenvalue weighted by Gasteiger charge is 2.18. The van der Waals surface area contributed by atoms with Gasteiger partial charge in [0.25, 0.3) is 0 Å². The van der Waals surface area contributed by atoms with E-state index in [1.807, 2.05) is 41.8 Å². The van der Waals surface area contributed by atoms with E-state index in [1.54, 1.807) is 23.1 Å². The lowest BCUT2D eigenvalue weighted by atomic mass is 10.1. The molecule has 0 aliphatic carbocycles. The maximum absolute atomic E-state index is 12.9. The van der Waals surface area contributed by atoms with Crippen LogP contribution in [0.5, 0.6) is 0 Å². The number of aryl methyl sites for hydroxylation is 1. The number of hydrogen-bond acceptors (Lipinski definition) is 5. The Morgan fingerprint density at radius 1 is 1.23 bits per heavy atom. The summed E-state index contributed by atoms with van der Waals surface area (Å²) in [5.74, 6) is 1.07. The molecule has 0 fully saturated rings. The molecule has 31 heavy (non-hydrogen) atoms. The van der Waals surface area contributed by atoms with Gasteiger partial charge in [-0.1, -0.05) is 54.2 Å². The Kier molecular flexibility index (Phi) is 7.63. The zero-order chi connectivity index (χ0) is 22.2. The van der Waals surface area contributed by atoms with Gasteiger partial charge in [-0.3, -0.25) is 4.79 Å². The number of carbonyl (C=O) groups is 1. The van der Waals surface area contributed by atoms with E-state index in [1.165, 1.54) is 11.8 Å². The minimum atomic E-state index is -0.00245. The molecule has 3 rings (SSSR count). The first-order valence-electron chi connectivity index (χ1n) is 10.1. The van der Waals surface area contributed by atoms with Gasteiger partial charge in [0.05, 0.1) is 17.4 Å². The van der Waals surface area contributed by atoms with Crippen molar-refractivity contribution in [2.75, 3.05) is 12.3 Å². The molecule has 0 aliphatic rings. The van der Waals surface area contributed by atoms with Crippen molar-refractivity contribution in [3.05, 3.63) is 77.9 Å². The smallest absolute Gasteiger partial charge is 0.233 e. The number of hydrogen-bond donors (Lipinski definition) is 0. The second kappa shape index (κ2) is 10.6. The van der Waals surface area contributed by atoms with Crippen LogP contribution in [0, 0.1) is 18.3 Å². The van der Waals surface area contributed by atoms with Crippen LogP contribution in [0.3, 0.4) is 0 Å². The number of aromatic nitrogens is 3. The molecule has 3 aromatic rings. The van der Waals surface area contributed by atoms with Crippen molar-refractivity contribution in [2.24, 2.45) is 0 Å². The monoisotopic (exact) mass is 431 g/mol. The van der Waals surface area contributed by atoms with Gasteiger partial charge < -0.3 is 9.47 Å². The van der Waals surface area contributed by atoms with Gasteiger partial charge in [0.15, 0.2) is 11.0 Å². The quantitative estimate of drug-likeness (QED) is 0.370. The Morgan fingerprint density at radius 2 is 1.97 bits per heavy atom. The molecule has 0 unspecified atom stereocenters. The maximum Gasteiger partial charge on any atom is 0.233 e. The van der Waals surface area contributed by atoms with Crippen molar-refractivity contribution in [1.82, 2.24) is 19.7 Å². The molecule has 7 heteroatoms. The molecule has 1 amide bonds. The second-order valence-corrected chi connectivity index (χ2v) is 7.97. The van der Waals surface area contributed by atoms with Crippen molar-refractivity contribution in [2.45, 2.75) is 32.1 Å². The average Bonchev–Trinajstić information content (AvgIpc) is 3.20. The average molecular weight is 432 g/mol. The van der Waals surface area contributed by atoms with E-state index < -0.39 is 0 Å². The van der Waals surface area contributed by atoms with Crippen LogP contribution in [0.25, 0.3) is 11.4 Å². The van der Waals surface area contributed by atoms with Crippen molar-refractivity contribution in [3.63, 3.8) is 0 Å². The molecular formula is C24H25N5OS. The SMILES string of the molecule is C=CCN(Cc1ccc(C#N)cc1)C(=O)CSc1nnc(-c2ccccc2C)n1CC. The predicted octanol–water partition coefficient (Wildman–Crippen LogP) is 4.45. The molecule has 1 aromatic heterocycles. The number of rotatable bonds is 9. The Labute approximate surface area is 187 Å². The fourth-order valence-corrected chi connectivity index (χ4v) is 4.14. The van der Waals surface area contributed by atoms with E-state index in [0.29, 0.717) is 18.7 Å². The number of thioether (sulfide) groups is 1. The number of nitriles is 1. The summed E-state index contributed by atoms with van der Waals surface area (Å²) in [6, 6.07) is 17.5. The molecule has 158 valence electrons. The first-order chi connectivity index (χ1) is 15.1. The van der Waals surface area contributed by atoms with E-state index in [4.69, 9.17) is 5.26 Å². The van der Waals surface area contributed by atoms with Gasteiger partial charge in [-0.25, -0.2) is 0 Å². The lowest BCUT2D eigenvalue weighted by Crippen LogP contribution is -2.32. The summed E-state index contributed by atoms with van der Waals surface area (Å²) in [7, 11) is 0. The number of nitrogens with zero attached hydrogens (tertiary/aromatic N) is 5. The van der Waals surface area contributed by atoms with Crippen molar-refractivity contribution in [1.29, 1.82) is 5.26 Å². The van der Waals surface area contributed by atoms with E-state index in [2.05, 4.69) is 35.8 Å². The largest absolute Gasteiger partial charge is 0.334 e. The zero-order valence-electron chi connectivity index (χ0n) is 17.8. The van der Waals surface area contributed by atoms with Crippen LogP contribution in [-0.4, -0.2) is 37.9 Å². The maximum atomic E-state index is 12.9. The van der Waals surface area contributed by atoms with Crippen LogP contribution < -0.4 is 0 Å². The molecule has 0 aliphatic heterocycles. The normalized spacial score (nSPS) is 10.5. The number of benzene rings is 2. The minimum absolute atomic E-state index is 0.00245.